The van der Waals surface area contributed by atoms with Crippen LogP contribution in [0.25, 0.3) is 0 Å². The molecule has 3 amide bonds. The highest BCUT2D eigenvalue weighted by atomic mass is 16.2. The van der Waals surface area contributed by atoms with Crippen LogP contribution in [0.4, 0.5) is 5.69 Å². The minimum atomic E-state index is -0.126. The van der Waals surface area contributed by atoms with Crippen molar-refractivity contribution in [2.24, 2.45) is 23.7 Å². The molecule has 136 valence electrons. The van der Waals surface area contributed by atoms with E-state index in [0.29, 0.717) is 17.8 Å². The molecule has 4 aliphatic rings. The van der Waals surface area contributed by atoms with Gasteiger partial charge in [-0.1, -0.05) is 18.2 Å². The van der Waals surface area contributed by atoms with E-state index in [1.807, 2.05) is 18.2 Å². The van der Waals surface area contributed by atoms with Gasteiger partial charge in [0.05, 0.1) is 11.8 Å². The number of nitrogens with one attached hydrogen (secondary N) is 1. The molecule has 1 aliphatic heterocycles. The third-order valence-corrected chi connectivity index (χ3v) is 6.83. The number of fused-ring (bicyclic) bond motifs is 5. The molecule has 1 heterocycles. The van der Waals surface area contributed by atoms with Crippen molar-refractivity contribution >= 4 is 23.4 Å². The molecular formula is C21H24N2O3. The monoisotopic (exact) mass is 352 g/mol. The third kappa shape index (κ3) is 2.48. The van der Waals surface area contributed by atoms with Crippen molar-refractivity contribution < 1.29 is 14.4 Å². The van der Waals surface area contributed by atoms with Crippen LogP contribution in [0.3, 0.4) is 0 Å². The van der Waals surface area contributed by atoms with E-state index in [0.717, 1.165) is 24.9 Å². The number of carbonyl (C=O) groups is 3. The van der Waals surface area contributed by atoms with E-state index in [4.69, 9.17) is 0 Å². The van der Waals surface area contributed by atoms with Crippen molar-refractivity contribution in [2.75, 3.05) is 11.9 Å². The number of likely N-dealkylation sites (tertiary alicyclic amines) is 1. The highest BCUT2D eigenvalue weighted by molar-refractivity contribution is 6.06. The molecule has 26 heavy (non-hydrogen) atoms. The van der Waals surface area contributed by atoms with E-state index >= 15 is 0 Å². The molecule has 0 radical (unpaired) electrons. The molecule has 1 aromatic carbocycles. The number of carbonyl (C=O) groups excluding carboxylic acids is 3. The van der Waals surface area contributed by atoms with Crippen LogP contribution in [-0.2, 0) is 14.4 Å². The molecular weight excluding hydrogens is 328 g/mol. The molecule has 1 N–H and O–H groups in total. The van der Waals surface area contributed by atoms with Crippen LogP contribution in [-0.4, -0.2) is 29.2 Å². The van der Waals surface area contributed by atoms with Gasteiger partial charge in [-0.3, -0.25) is 19.3 Å². The van der Waals surface area contributed by atoms with Crippen molar-refractivity contribution in [1.29, 1.82) is 0 Å². The van der Waals surface area contributed by atoms with E-state index in [2.05, 4.69) is 11.4 Å². The zero-order valence-electron chi connectivity index (χ0n) is 14.8. The van der Waals surface area contributed by atoms with Gasteiger partial charge in [-0.2, -0.15) is 0 Å². The molecule has 4 fully saturated rings. The Bertz CT molecular complexity index is 757. The summed E-state index contributed by atoms with van der Waals surface area (Å²) in [6.07, 6.45) is 5.72. The normalized spacial score (nSPS) is 32.2. The van der Waals surface area contributed by atoms with Crippen molar-refractivity contribution in [3.63, 3.8) is 0 Å². The maximum atomic E-state index is 12.7. The average molecular weight is 352 g/mol. The zero-order valence-corrected chi connectivity index (χ0v) is 14.8. The molecule has 5 nitrogen and oxygen atoms in total. The summed E-state index contributed by atoms with van der Waals surface area (Å²) in [5.41, 5.74) is 2.06. The van der Waals surface area contributed by atoms with Crippen LogP contribution in [0.2, 0.25) is 0 Å². The average Bonchev–Trinajstić information content (AvgIpc) is 3.19. The fraction of sp³-hybridized carbons (Fsp3) is 0.571. The number of hydrogen-bond acceptors (Lipinski definition) is 3. The van der Waals surface area contributed by atoms with Crippen LogP contribution in [0.5, 0.6) is 0 Å². The third-order valence-electron chi connectivity index (χ3n) is 6.83. The summed E-state index contributed by atoms with van der Waals surface area (Å²) in [6, 6.07) is 7.92. The molecule has 3 aliphatic carbocycles. The Kier molecular flexibility index (Phi) is 3.66. The van der Waals surface area contributed by atoms with Gasteiger partial charge in [0.1, 0.15) is 0 Å². The minimum Gasteiger partial charge on any atom is -0.326 e. The van der Waals surface area contributed by atoms with Gasteiger partial charge in [-0.15, -0.1) is 0 Å². The number of imide groups is 1. The predicted molar refractivity (Wildman–Crippen MR) is 96.2 cm³/mol. The Morgan fingerprint density at radius 2 is 1.65 bits per heavy atom. The summed E-state index contributed by atoms with van der Waals surface area (Å²) in [5, 5.41) is 2.98. The number of nitrogens with zero attached hydrogens (tertiary/aromatic N) is 1. The van der Waals surface area contributed by atoms with Crippen molar-refractivity contribution in [3.8, 4) is 0 Å². The fourth-order valence-electron chi connectivity index (χ4n) is 5.48. The molecule has 0 unspecified atom stereocenters. The first-order chi connectivity index (χ1) is 12.6. The van der Waals surface area contributed by atoms with E-state index in [1.54, 1.807) is 0 Å². The van der Waals surface area contributed by atoms with Crippen LogP contribution in [0.1, 0.15) is 50.0 Å². The number of amides is 3. The minimum absolute atomic E-state index is 0.0293. The van der Waals surface area contributed by atoms with Crippen LogP contribution in [0.15, 0.2) is 24.3 Å². The highest BCUT2D eigenvalue weighted by Crippen LogP contribution is 2.56. The Morgan fingerprint density at radius 1 is 1.00 bits per heavy atom. The first-order valence-corrected chi connectivity index (χ1v) is 9.87. The van der Waals surface area contributed by atoms with Crippen molar-refractivity contribution in [2.45, 2.75) is 44.4 Å². The summed E-state index contributed by atoms with van der Waals surface area (Å²) in [6.45, 7) is 0.210. The predicted octanol–water partition coefficient (Wildman–Crippen LogP) is 2.92. The standard InChI is InChI=1S/C21H24N2O3/c24-17(22-16-4-2-1-3-15(16)12-5-6-12)9-10-23-20(25)18-13-7-8-14(11-13)19(18)21(23)26/h1-4,12-14,18-19H,5-11H2,(H,22,24)/t13-,14-,18-,19-/m0/s1. The van der Waals surface area contributed by atoms with Gasteiger partial charge >= 0.3 is 0 Å². The maximum Gasteiger partial charge on any atom is 0.233 e. The Hall–Kier alpha value is -2.17. The molecule has 2 bridgehead atoms. The SMILES string of the molecule is O=C(CCN1C(=O)[C@H]2[C@H]3CC[C@@H](C3)[C@@H]2C1=O)Nc1ccccc1C1CC1. The van der Waals surface area contributed by atoms with Gasteiger partial charge in [0.2, 0.25) is 17.7 Å². The molecule has 1 saturated heterocycles. The van der Waals surface area contributed by atoms with Gasteiger partial charge in [0, 0.05) is 18.7 Å². The van der Waals surface area contributed by atoms with E-state index < -0.39 is 0 Å². The van der Waals surface area contributed by atoms with Gasteiger partial charge < -0.3 is 5.32 Å². The second-order valence-corrected chi connectivity index (χ2v) is 8.37. The summed E-state index contributed by atoms with van der Waals surface area (Å²) < 4.78 is 0. The number of hydrogen-bond donors (Lipinski definition) is 1. The number of anilines is 1. The van der Waals surface area contributed by atoms with Gasteiger partial charge in [0.15, 0.2) is 0 Å². The van der Waals surface area contributed by atoms with E-state index in [1.165, 1.54) is 23.3 Å². The Morgan fingerprint density at radius 3 is 2.31 bits per heavy atom. The number of benzene rings is 1. The molecule has 3 saturated carbocycles. The molecule has 5 rings (SSSR count). The van der Waals surface area contributed by atoms with E-state index in [-0.39, 0.29) is 42.5 Å². The van der Waals surface area contributed by atoms with Gasteiger partial charge in [-0.25, -0.2) is 0 Å². The lowest BCUT2D eigenvalue weighted by atomic mass is 9.81. The fourth-order valence-corrected chi connectivity index (χ4v) is 5.48. The summed E-state index contributed by atoms with van der Waals surface area (Å²) >= 11 is 0. The first-order valence-electron chi connectivity index (χ1n) is 9.87. The Labute approximate surface area is 153 Å². The largest absolute Gasteiger partial charge is 0.326 e. The first kappa shape index (κ1) is 16.0. The molecule has 4 atom stereocenters. The number of para-hydroxylation sites is 1. The lowest BCUT2D eigenvalue weighted by Gasteiger charge is -2.19. The molecule has 1 aromatic rings. The quantitative estimate of drug-likeness (QED) is 0.829. The lowest BCUT2D eigenvalue weighted by molar-refractivity contribution is -0.140. The van der Waals surface area contributed by atoms with Crippen molar-refractivity contribution in [1.82, 2.24) is 4.90 Å². The molecule has 0 spiro atoms. The maximum absolute atomic E-state index is 12.7. The summed E-state index contributed by atoms with van der Waals surface area (Å²) in [7, 11) is 0. The smallest absolute Gasteiger partial charge is 0.233 e. The van der Waals surface area contributed by atoms with Crippen LogP contribution >= 0.6 is 0 Å². The van der Waals surface area contributed by atoms with Crippen molar-refractivity contribution in [3.05, 3.63) is 29.8 Å². The second-order valence-electron chi connectivity index (χ2n) is 8.37. The summed E-state index contributed by atoms with van der Waals surface area (Å²) in [5.74, 6) is 0.967. The molecule has 0 aromatic heterocycles. The van der Waals surface area contributed by atoms with Gasteiger partial charge in [-0.05, 0) is 61.5 Å². The molecule has 5 heteroatoms. The van der Waals surface area contributed by atoms with Crippen LogP contribution in [0, 0.1) is 23.7 Å². The van der Waals surface area contributed by atoms with Crippen LogP contribution < -0.4 is 5.32 Å². The highest BCUT2D eigenvalue weighted by Gasteiger charge is 2.60. The number of rotatable bonds is 5. The van der Waals surface area contributed by atoms with Gasteiger partial charge in [0.25, 0.3) is 0 Å². The zero-order chi connectivity index (χ0) is 17.8. The second kappa shape index (κ2) is 5.93. The Balaban J connectivity index is 1.22. The van der Waals surface area contributed by atoms with E-state index in [9.17, 15) is 14.4 Å². The topological polar surface area (TPSA) is 66.5 Å². The summed E-state index contributed by atoms with van der Waals surface area (Å²) in [4.78, 5) is 39.1. The lowest BCUT2D eigenvalue weighted by Crippen LogP contribution is -2.35.